The third kappa shape index (κ3) is 2.12. The van der Waals surface area contributed by atoms with E-state index in [0.29, 0.717) is 0 Å². The van der Waals surface area contributed by atoms with E-state index in [1.54, 1.807) is 11.3 Å². The second-order valence-electron chi connectivity index (χ2n) is 4.73. The van der Waals surface area contributed by atoms with Gasteiger partial charge in [0.1, 0.15) is 11.5 Å². The van der Waals surface area contributed by atoms with E-state index in [2.05, 4.69) is 15.0 Å². The molecule has 0 radical (unpaired) electrons. The fourth-order valence-corrected chi connectivity index (χ4v) is 3.10. The first-order chi connectivity index (χ1) is 9.04. The van der Waals surface area contributed by atoms with Crippen molar-refractivity contribution in [3.63, 3.8) is 0 Å². The average Bonchev–Trinajstić information content (AvgIpc) is 3.00. The van der Waals surface area contributed by atoms with E-state index < -0.39 is 0 Å². The van der Waals surface area contributed by atoms with Crippen LogP contribution in [0, 0.1) is 13.8 Å². The monoisotopic (exact) mass is 276 g/mol. The Morgan fingerprint density at radius 1 is 1.37 bits per heavy atom. The van der Waals surface area contributed by atoms with E-state index in [1.807, 2.05) is 44.8 Å². The summed E-state index contributed by atoms with van der Waals surface area (Å²) in [5, 5.41) is 5.35. The van der Waals surface area contributed by atoms with Crippen LogP contribution in [-0.4, -0.2) is 21.8 Å². The van der Waals surface area contributed by atoms with E-state index in [1.165, 1.54) is 0 Å². The number of aryl methyl sites for hydroxylation is 3. The molecule has 6 heteroatoms. The molecule has 0 saturated heterocycles. The number of anilines is 1. The summed E-state index contributed by atoms with van der Waals surface area (Å²) >= 11 is 1.67. The minimum Gasteiger partial charge on any atom is -0.464 e. The molecule has 0 bridgehead atoms. The first-order valence-electron chi connectivity index (χ1n) is 6.11. The summed E-state index contributed by atoms with van der Waals surface area (Å²) in [5.41, 5.74) is 1.98. The Morgan fingerprint density at radius 2 is 2.16 bits per heavy atom. The molecule has 19 heavy (non-hydrogen) atoms. The summed E-state index contributed by atoms with van der Waals surface area (Å²) in [6.45, 7) is 4.69. The maximum Gasteiger partial charge on any atom is 0.188 e. The highest BCUT2D eigenvalue weighted by molar-refractivity contribution is 7.22. The van der Waals surface area contributed by atoms with Crippen molar-refractivity contribution in [1.82, 2.24) is 14.8 Å². The van der Waals surface area contributed by atoms with Gasteiger partial charge >= 0.3 is 0 Å². The van der Waals surface area contributed by atoms with Gasteiger partial charge in [-0.2, -0.15) is 5.10 Å². The fraction of sp³-hybridized carbons (Fsp3) is 0.385. The van der Waals surface area contributed by atoms with Crippen molar-refractivity contribution in [1.29, 1.82) is 0 Å². The van der Waals surface area contributed by atoms with E-state index in [-0.39, 0.29) is 0 Å². The van der Waals surface area contributed by atoms with Crippen LogP contribution in [-0.2, 0) is 13.6 Å². The van der Waals surface area contributed by atoms with Crippen LogP contribution in [0.2, 0.25) is 0 Å². The molecule has 3 aromatic heterocycles. The molecule has 0 aliphatic carbocycles. The van der Waals surface area contributed by atoms with E-state index in [9.17, 15) is 0 Å². The van der Waals surface area contributed by atoms with Gasteiger partial charge in [0.15, 0.2) is 10.8 Å². The molecule has 0 spiro atoms. The number of aromatic nitrogens is 3. The molecule has 0 aliphatic heterocycles. The zero-order valence-electron chi connectivity index (χ0n) is 11.5. The molecule has 3 rings (SSSR count). The lowest BCUT2D eigenvalue weighted by molar-refractivity contribution is 0.481. The van der Waals surface area contributed by atoms with Crippen LogP contribution in [0.25, 0.3) is 10.3 Å². The summed E-state index contributed by atoms with van der Waals surface area (Å²) in [4.78, 5) is 6.74. The second kappa shape index (κ2) is 4.38. The first-order valence-corrected chi connectivity index (χ1v) is 6.93. The molecule has 0 aliphatic rings. The maximum absolute atomic E-state index is 5.60. The Balaban J connectivity index is 1.89. The van der Waals surface area contributed by atoms with Crippen LogP contribution in [0.4, 0.5) is 5.13 Å². The lowest BCUT2D eigenvalue weighted by Crippen LogP contribution is -2.15. The number of nitrogens with zero attached hydrogens (tertiary/aromatic N) is 4. The van der Waals surface area contributed by atoms with Gasteiger partial charge in [-0.3, -0.25) is 0 Å². The highest BCUT2D eigenvalue weighted by atomic mass is 32.1. The van der Waals surface area contributed by atoms with Crippen LogP contribution in [0.15, 0.2) is 16.5 Å². The molecule has 0 saturated carbocycles. The van der Waals surface area contributed by atoms with Crippen molar-refractivity contribution in [2.75, 3.05) is 11.9 Å². The van der Waals surface area contributed by atoms with Crippen molar-refractivity contribution in [2.24, 2.45) is 7.05 Å². The zero-order chi connectivity index (χ0) is 13.6. The minimum atomic E-state index is 0.722. The number of rotatable bonds is 3. The van der Waals surface area contributed by atoms with E-state index in [4.69, 9.17) is 4.42 Å². The lowest BCUT2D eigenvalue weighted by atomic mass is 10.4. The molecule has 100 valence electrons. The molecule has 5 nitrogen and oxygen atoms in total. The molecule has 0 unspecified atom stereocenters. The van der Waals surface area contributed by atoms with Gasteiger partial charge in [0, 0.05) is 14.1 Å². The molecule has 3 heterocycles. The number of furan rings is 1. The maximum atomic E-state index is 5.60. The quantitative estimate of drug-likeness (QED) is 0.738. The molecule has 0 fully saturated rings. The number of hydrogen-bond donors (Lipinski definition) is 0. The molecule has 0 amide bonds. The van der Waals surface area contributed by atoms with Crippen LogP contribution < -0.4 is 4.90 Å². The first kappa shape index (κ1) is 12.2. The van der Waals surface area contributed by atoms with E-state index in [0.717, 1.165) is 39.2 Å². The third-order valence-corrected chi connectivity index (χ3v) is 4.32. The Morgan fingerprint density at radius 3 is 2.79 bits per heavy atom. The summed E-state index contributed by atoms with van der Waals surface area (Å²) in [5.74, 6) is 1.89. The Bertz CT molecular complexity index is 690. The minimum absolute atomic E-state index is 0.722. The van der Waals surface area contributed by atoms with Crippen molar-refractivity contribution >= 4 is 26.8 Å². The van der Waals surface area contributed by atoms with Gasteiger partial charge in [-0.25, -0.2) is 9.67 Å². The average molecular weight is 276 g/mol. The summed E-state index contributed by atoms with van der Waals surface area (Å²) in [6.07, 6.45) is 0. The number of thiazole rings is 1. The largest absolute Gasteiger partial charge is 0.464 e. The Hall–Kier alpha value is -1.82. The second-order valence-corrected chi connectivity index (χ2v) is 5.70. The number of hydrogen-bond acceptors (Lipinski definition) is 5. The van der Waals surface area contributed by atoms with Gasteiger partial charge in [0.25, 0.3) is 0 Å². The van der Waals surface area contributed by atoms with E-state index >= 15 is 0 Å². The van der Waals surface area contributed by atoms with Gasteiger partial charge in [0.2, 0.25) is 0 Å². The molecule has 0 atom stereocenters. The zero-order valence-corrected chi connectivity index (χ0v) is 12.3. The van der Waals surface area contributed by atoms with Crippen molar-refractivity contribution in [3.05, 3.63) is 29.3 Å². The summed E-state index contributed by atoms with van der Waals surface area (Å²) < 4.78 is 8.58. The van der Waals surface area contributed by atoms with Crippen molar-refractivity contribution in [3.8, 4) is 0 Å². The molecule has 0 aromatic carbocycles. The van der Waals surface area contributed by atoms with Gasteiger partial charge < -0.3 is 9.32 Å². The van der Waals surface area contributed by atoms with Crippen molar-refractivity contribution < 1.29 is 4.42 Å². The van der Waals surface area contributed by atoms with Gasteiger partial charge in [-0.05, 0) is 26.0 Å². The Kier molecular flexibility index (Phi) is 2.82. The predicted octanol–water partition coefficient (Wildman–Crippen LogP) is 2.88. The third-order valence-electron chi connectivity index (χ3n) is 3.05. The Labute approximate surface area is 115 Å². The molecule has 3 aromatic rings. The van der Waals surface area contributed by atoms with Gasteiger partial charge in [-0.1, -0.05) is 11.3 Å². The standard InChI is InChI=1S/C13H16N4OS/c1-8-5-6-10(18-8)7-16(3)13-14-12-11(19-13)9(2)15-17(12)4/h5-6H,7H2,1-4H3. The predicted molar refractivity (Wildman–Crippen MR) is 76.7 cm³/mol. The smallest absolute Gasteiger partial charge is 0.188 e. The topological polar surface area (TPSA) is 47.1 Å². The normalized spacial score (nSPS) is 11.4. The van der Waals surface area contributed by atoms with Crippen molar-refractivity contribution in [2.45, 2.75) is 20.4 Å². The number of fused-ring (bicyclic) bond motifs is 1. The van der Waals surface area contributed by atoms with Crippen LogP contribution in [0.5, 0.6) is 0 Å². The van der Waals surface area contributed by atoms with Gasteiger partial charge in [-0.15, -0.1) is 0 Å². The molecular weight excluding hydrogens is 260 g/mol. The summed E-state index contributed by atoms with van der Waals surface area (Å²) in [6, 6.07) is 3.99. The van der Waals surface area contributed by atoms with Crippen LogP contribution in [0.3, 0.4) is 0 Å². The molecular formula is C13H16N4OS. The highest BCUT2D eigenvalue weighted by Crippen LogP contribution is 2.30. The SMILES string of the molecule is Cc1ccc(CN(C)c2nc3c(s2)c(C)nn3C)o1. The van der Waals surface area contributed by atoms with Crippen LogP contribution in [0.1, 0.15) is 17.2 Å². The van der Waals surface area contributed by atoms with Crippen LogP contribution >= 0.6 is 11.3 Å². The van der Waals surface area contributed by atoms with Gasteiger partial charge in [0.05, 0.1) is 16.9 Å². The lowest BCUT2D eigenvalue weighted by Gasteiger charge is -2.13. The highest BCUT2D eigenvalue weighted by Gasteiger charge is 2.15. The molecule has 0 N–H and O–H groups in total. The fourth-order valence-electron chi connectivity index (χ4n) is 2.11. The summed E-state index contributed by atoms with van der Waals surface area (Å²) in [7, 11) is 3.95.